The van der Waals surface area contributed by atoms with E-state index in [1.54, 1.807) is 7.11 Å². The van der Waals surface area contributed by atoms with Crippen LogP contribution in [-0.2, 0) is 4.74 Å². The maximum absolute atomic E-state index is 10.6. The average Bonchev–Trinajstić information content (AvgIpc) is 2.80. The molecule has 0 spiro atoms. The molecule has 1 unspecified atom stereocenters. The quantitative estimate of drug-likeness (QED) is 0.795. The van der Waals surface area contributed by atoms with Gasteiger partial charge in [-0.25, -0.2) is 4.98 Å². The molecule has 0 fully saturated rings. The SMILES string of the molecule is COC(c1ccccc1)c1ncc(C=O)[nH]1. The van der Waals surface area contributed by atoms with E-state index in [0.29, 0.717) is 11.5 Å². The average molecular weight is 216 g/mol. The number of carbonyl (C=O) groups excluding carboxylic acids is 1. The van der Waals surface area contributed by atoms with Crippen molar-refractivity contribution in [3.8, 4) is 0 Å². The van der Waals surface area contributed by atoms with E-state index in [9.17, 15) is 4.79 Å². The molecule has 0 aliphatic rings. The minimum Gasteiger partial charge on any atom is -0.369 e. The van der Waals surface area contributed by atoms with Crippen molar-refractivity contribution in [2.45, 2.75) is 6.10 Å². The molecule has 0 bridgehead atoms. The lowest BCUT2D eigenvalue weighted by atomic mass is 10.1. The van der Waals surface area contributed by atoms with E-state index in [0.717, 1.165) is 11.8 Å². The zero-order valence-electron chi connectivity index (χ0n) is 8.88. The van der Waals surface area contributed by atoms with E-state index in [-0.39, 0.29) is 6.10 Å². The summed E-state index contributed by atoms with van der Waals surface area (Å²) in [6.07, 6.45) is 1.96. The fourth-order valence-electron chi connectivity index (χ4n) is 1.58. The second kappa shape index (κ2) is 4.72. The molecule has 0 saturated heterocycles. The lowest BCUT2D eigenvalue weighted by molar-refractivity contribution is 0.111. The van der Waals surface area contributed by atoms with Crippen molar-refractivity contribution < 1.29 is 9.53 Å². The highest BCUT2D eigenvalue weighted by molar-refractivity contribution is 5.71. The number of nitrogens with zero attached hydrogens (tertiary/aromatic N) is 1. The van der Waals surface area contributed by atoms with E-state index < -0.39 is 0 Å². The van der Waals surface area contributed by atoms with Crippen molar-refractivity contribution in [3.63, 3.8) is 0 Å². The molecular weight excluding hydrogens is 204 g/mol. The first-order valence-electron chi connectivity index (χ1n) is 4.93. The van der Waals surface area contributed by atoms with Gasteiger partial charge in [0.25, 0.3) is 0 Å². The number of imidazole rings is 1. The molecule has 1 aromatic carbocycles. The Kier molecular flexibility index (Phi) is 3.12. The summed E-state index contributed by atoms with van der Waals surface area (Å²) in [7, 11) is 1.61. The predicted octanol–water partition coefficient (Wildman–Crippen LogP) is 1.96. The molecule has 0 aliphatic heterocycles. The third-order valence-corrected chi connectivity index (χ3v) is 2.33. The summed E-state index contributed by atoms with van der Waals surface area (Å²) >= 11 is 0. The highest BCUT2D eigenvalue weighted by atomic mass is 16.5. The Balaban J connectivity index is 2.32. The van der Waals surface area contributed by atoms with Gasteiger partial charge >= 0.3 is 0 Å². The van der Waals surface area contributed by atoms with Crippen LogP contribution >= 0.6 is 0 Å². The molecule has 2 rings (SSSR count). The normalized spacial score (nSPS) is 12.3. The molecule has 1 atom stereocenters. The molecule has 4 nitrogen and oxygen atoms in total. The zero-order chi connectivity index (χ0) is 11.4. The number of aldehydes is 1. The van der Waals surface area contributed by atoms with E-state index in [2.05, 4.69) is 9.97 Å². The van der Waals surface area contributed by atoms with Gasteiger partial charge in [-0.1, -0.05) is 30.3 Å². The van der Waals surface area contributed by atoms with Gasteiger partial charge in [-0.2, -0.15) is 0 Å². The molecule has 1 N–H and O–H groups in total. The van der Waals surface area contributed by atoms with Crippen LogP contribution in [-0.4, -0.2) is 23.4 Å². The smallest absolute Gasteiger partial charge is 0.167 e. The van der Waals surface area contributed by atoms with Gasteiger partial charge in [-0.15, -0.1) is 0 Å². The van der Waals surface area contributed by atoms with E-state index in [4.69, 9.17) is 4.74 Å². The van der Waals surface area contributed by atoms with Crippen LogP contribution < -0.4 is 0 Å². The number of hydrogen-bond acceptors (Lipinski definition) is 3. The Bertz CT molecular complexity index is 465. The summed E-state index contributed by atoms with van der Waals surface area (Å²) in [5.41, 5.74) is 1.45. The van der Waals surface area contributed by atoms with Gasteiger partial charge < -0.3 is 9.72 Å². The van der Waals surface area contributed by atoms with E-state index in [1.807, 2.05) is 30.3 Å². The number of aromatic amines is 1. The second-order valence-electron chi connectivity index (χ2n) is 3.37. The highest BCUT2D eigenvalue weighted by Gasteiger charge is 2.16. The molecule has 16 heavy (non-hydrogen) atoms. The first-order chi connectivity index (χ1) is 7.85. The molecule has 4 heteroatoms. The Morgan fingerprint density at radius 3 is 2.69 bits per heavy atom. The largest absolute Gasteiger partial charge is 0.369 e. The molecule has 1 heterocycles. The number of nitrogens with one attached hydrogen (secondary N) is 1. The number of H-pyrrole nitrogens is 1. The predicted molar refractivity (Wildman–Crippen MR) is 59.3 cm³/mol. The molecule has 1 aromatic heterocycles. The third-order valence-electron chi connectivity index (χ3n) is 2.33. The van der Waals surface area contributed by atoms with Crippen molar-refractivity contribution in [1.82, 2.24) is 9.97 Å². The summed E-state index contributed by atoms with van der Waals surface area (Å²) in [5, 5.41) is 0. The van der Waals surface area contributed by atoms with Crippen molar-refractivity contribution in [2.24, 2.45) is 0 Å². The molecular formula is C12H12N2O2. The fourth-order valence-corrected chi connectivity index (χ4v) is 1.58. The molecule has 0 aliphatic carbocycles. The summed E-state index contributed by atoms with van der Waals surface area (Å²) in [6.45, 7) is 0. The maximum atomic E-state index is 10.6. The number of hydrogen-bond donors (Lipinski definition) is 1. The van der Waals surface area contributed by atoms with Gasteiger partial charge in [-0.3, -0.25) is 4.79 Å². The van der Waals surface area contributed by atoms with Crippen LogP contribution in [0.4, 0.5) is 0 Å². The molecule has 2 aromatic rings. The highest BCUT2D eigenvalue weighted by Crippen LogP contribution is 2.22. The molecule has 0 amide bonds. The van der Waals surface area contributed by atoms with Crippen molar-refractivity contribution in [3.05, 3.63) is 53.6 Å². The summed E-state index contributed by atoms with van der Waals surface area (Å²) in [6, 6.07) is 9.72. The fraction of sp³-hybridized carbons (Fsp3) is 0.167. The van der Waals surface area contributed by atoms with Gasteiger partial charge in [0, 0.05) is 7.11 Å². The number of ether oxygens (including phenoxy) is 1. The summed E-state index contributed by atoms with van der Waals surface area (Å²) < 4.78 is 5.37. The Labute approximate surface area is 93.3 Å². The monoisotopic (exact) mass is 216 g/mol. The van der Waals surface area contributed by atoms with E-state index >= 15 is 0 Å². The minimum atomic E-state index is -0.269. The Morgan fingerprint density at radius 2 is 2.12 bits per heavy atom. The van der Waals surface area contributed by atoms with Crippen molar-refractivity contribution >= 4 is 6.29 Å². The van der Waals surface area contributed by atoms with Gasteiger partial charge in [0.2, 0.25) is 0 Å². The summed E-state index contributed by atoms with van der Waals surface area (Å²) in [4.78, 5) is 17.6. The van der Waals surface area contributed by atoms with Crippen molar-refractivity contribution in [2.75, 3.05) is 7.11 Å². The first kappa shape index (κ1) is 10.6. The number of carbonyl (C=O) groups is 1. The molecule has 0 saturated carbocycles. The second-order valence-corrected chi connectivity index (χ2v) is 3.37. The maximum Gasteiger partial charge on any atom is 0.167 e. The minimum absolute atomic E-state index is 0.269. The topological polar surface area (TPSA) is 55.0 Å². The molecule has 82 valence electrons. The zero-order valence-corrected chi connectivity index (χ0v) is 8.88. The Morgan fingerprint density at radius 1 is 1.38 bits per heavy atom. The van der Waals surface area contributed by atoms with Crippen LogP contribution in [0.2, 0.25) is 0 Å². The molecule has 0 radical (unpaired) electrons. The van der Waals surface area contributed by atoms with Crippen LogP contribution in [0.25, 0.3) is 0 Å². The van der Waals surface area contributed by atoms with Gasteiger partial charge in [0.1, 0.15) is 11.9 Å². The van der Waals surface area contributed by atoms with Crippen LogP contribution in [0.5, 0.6) is 0 Å². The van der Waals surface area contributed by atoms with Gasteiger partial charge in [-0.05, 0) is 5.56 Å². The number of rotatable bonds is 4. The van der Waals surface area contributed by atoms with Gasteiger partial charge in [0.05, 0.1) is 11.9 Å². The van der Waals surface area contributed by atoms with Crippen LogP contribution in [0, 0.1) is 0 Å². The third kappa shape index (κ3) is 2.01. The van der Waals surface area contributed by atoms with Crippen LogP contribution in [0.1, 0.15) is 28.0 Å². The number of methoxy groups -OCH3 is 1. The standard InChI is InChI=1S/C12H12N2O2/c1-16-11(9-5-3-2-4-6-9)12-13-7-10(8-15)14-12/h2-8,11H,1H3,(H,13,14). The lowest BCUT2D eigenvalue weighted by Crippen LogP contribution is -2.05. The number of aromatic nitrogens is 2. The Hall–Kier alpha value is -1.94. The van der Waals surface area contributed by atoms with Crippen LogP contribution in [0.3, 0.4) is 0 Å². The van der Waals surface area contributed by atoms with Gasteiger partial charge in [0.15, 0.2) is 6.29 Å². The van der Waals surface area contributed by atoms with Crippen molar-refractivity contribution in [1.29, 1.82) is 0 Å². The number of benzene rings is 1. The van der Waals surface area contributed by atoms with E-state index in [1.165, 1.54) is 6.20 Å². The van der Waals surface area contributed by atoms with Crippen LogP contribution in [0.15, 0.2) is 36.5 Å². The first-order valence-corrected chi connectivity index (χ1v) is 4.93. The lowest BCUT2D eigenvalue weighted by Gasteiger charge is -2.12. The summed E-state index contributed by atoms with van der Waals surface area (Å²) in [5.74, 6) is 0.635.